The fraction of sp³-hybridized carbons (Fsp3) is 0.667. The Morgan fingerprint density at radius 3 is 2.67 bits per heavy atom. The minimum atomic E-state index is -0.707. The van der Waals surface area contributed by atoms with Gasteiger partial charge in [-0.1, -0.05) is 5.92 Å². The molecule has 0 aromatic rings. The molecule has 3 heteroatoms. The topological polar surface area (TPSA) is 45.0 Å². The highest BCUT2D eigenvalue weighted by Crippen LogP contribution is 2.10. The van der Waals surface area contributed by atoms with Crippen molar-refractivity contribution in [2.24, 2.45) is 0 Å². The van der Waals surface area contributed by atoms with Crippen LogP contribution in [0, 0.1) is 23.7 Å². The first-order valence-electron chi connectivity index (χ1n) is 3.73. The Hall–Kier alpha value is -1.03. The number of nitrogens with one attached hydrogen (secondary N) is 1. The van der Waals surface area contributed by atoms with Gasteiger partial charge >= 0.3 is 0 Å². The molecule has 0 heterocycles. The molecule has 3 nitrogen and oxygen atoms in total. The molecule has 2 unspecified atom stereocenters. The van der Waals surface area contributed by atoms with Crippen molar-refractivity contribution >= 4 is 0 Å². The molecule has 0 aromatic carbocycles. The van der Waals surface area contributed by atoms with E-state index in [4.69, 9.17) is 16.4 Å². The van der Waals surface area contributed by atoms with Gasteiger partial charge in [-0.3, -0.25) is 5.32 Å². The number of nitrogens with zero attached hydrogens (tertiary/aromatic N) is 1. The zero-order chi connectivity index (χ0) is 9.61. The predicted octanol–water partition coefficient (Wildman–Crippen LogP) is 0.526. The summed E-state index contributed by atoms with van der Waals surface area (Å²) in [6.07, 6.45) is 4.88. The van der Waals surface area contributed by atoms with Crippen LogP contribution in [-0.2, 0) is 4.74 Å². The fourth-order valence-corrected chi connectivity index (χ4v) is 0.745. The Kier molecular flexibility index (Phi) is 4.36. The molecule has 0 aromatic heterocycles. The van der Waals surface area contributed by atoms with Gasteiger partial charge in [-0.15, -0.1) is 6.42 Å². The van der Waals surface area contributed by atoms with Crippen molar-refractivity contribution in [1.82, 2.24) is 5.32 Å². The van der Waals surface area contributed by atoms with Crippen molar-refractivity contribution in [1.29, 1.82) is 5.26 Å². The Morgan fingerprint density at radius 2 is 2.33 bits per heavy atom. The normalized spacial score (nSPS) is 17.1. The van der Waals surface area contributed by atoms with Crippen LogP contribution in [0.1, 0.15) is 13.8 Å². The van der Waals surface area contributed by atoms with E-state index in [2.05, 4.69) is 17.3 Å². The summed E-state index contributed by atoms with van der Waals surface area (Å²) in [6.45, 7) is 3.96. The molecule has 0 saturated carbocycles. The van der Waals surface area contributed by atoms with Crippen molar-refractivity contribution in [3.05, 3.63) is 0 Å². The molecule has 1 N–H and O–H groups in total. The summed E-state index contributed by atoms with van der Waals surface area (Å²) in [5, 5.41) is 11.8. The lowest BCUT2D eigenvalue weighted by Crippen LogP contribution is -2.50. The first kappa shape index (κ1) is 11.0. The van der Waals surface area contributed by atoms with Gasteiger partial charge in [-0.25, -0.2) is 0 Å². The van der Waals surface area contributed by atoms with Crippen molar-refractivity contribution in [2.75, 3.05) is 13.7 Å². The molecule has 0 amide bonds. The Balaban J connectivity index is 4.28. The van der Waals surface area contributed by atoms with Crippen LogP contribution in [0.4, 0.5) is 0 Å². The van der Waals surface area contributed by atoms with Gasteiger partial charge in [0.1, 0.15) is 5.54 Å². The molecule has 0 aliphatic carbocycles. The molecule has 0 saturated heterocycles. The molecule has 0 spiro atoms. The molecule has 0 radical (unpaired) electrons. The van der Waals surface area contributed by atoms with Crippen molar-refractivity contribution in [3.63, 3.8) is 0 Å². The third-order valence-corrected chi connectivity index (χ3v) is 1.96. The van der Waals surface area contributed by atoms with Gasteiger partial charge in [0.2, 0.25) is 0 Å². The van der Waals surface area contributed by atoms with E-state index in [9.17, 15) is 0 Å². The van der Waals surface area contributed by atoms with Gasteiger partial charge in [0, 0.05) is 7.11 Å². The first-order chi connectivity index (χ1) is 5.60. The van der Waals surface area contributed by atoms with Gasteiger partial charge in [0.25, 0.3) is 0 Å². The maximum absolute atomic E-state index is 8.85. The molecule has 66 valence electrons. The molecule has 0 aliphatic rings. The lowest BCUT2D eigenvalue weighted by Gasteiger charge is -2.27. The van der Waals surface area contributed by atoms with Crippen LogP contribution in [-0.4, -0.2) is 25.3 Å². The third kappa shape index (κ3) is 2.54. The van der Waals surface area contributed by atoms with Gasteiger partial charge < -0.3 is 4.74 Å². The second-order valence-electron chi connectivity index (χ2n) is 2.75. The fourth-order valence-electron chi connectivity index (χ4n) is 0.745. The van der Waals surface area contributed by atoms with Gasteiger partial charge in [0.15, 0.2) is 0 Å². The summed E-state index contributed by atoms with van der Waals surface area (Å²) in [4.78, 5) is 0. The Morgan fingerprint density at radius 1 is 1.75 bits per heavy atom. The van der Waals surface area contributed by atoms with Crippen molar-refractivity contribution < 1.29 is 4.74 Å². The van der Waals surface area contributed by atoms with Crippen LogP contribution in [0.5, 0.6) is 0 Å². The average molecular weight is 166 g/mol. The minimum Gasteiger partial charge on any atom is -0.379 e. The van der Waals surface area contributed by atoms with E-state index >= 15 is 0 Å². The highest BCUT2D eigenvalue weighted by molar-refractivity contribution is 5.09. The van der Waals surface area contributed by atoms with Crippen LogP contribution < -0.4 is 5.32 Å². The number of hydrogen-bond donors (Lipinski definition) is 1. The molecule has 0 fully saturated rings. The molecule has 12 heavy (non-hydrogen) atoms. The summed E-state index contributed by atoms with van der Waals surface area (Å²) in [5.74, 6) is 2.42. The second-order valence-corrected chi connectivity index (χ2v) is 2.75. The number of terminal acetylenes is 1. The van der Waals surface area contributed by atoms with Gasteiger partial charge in [0.05, 0.1) is 18.7 Å². The van der Waals surface area contributed by atoms with E-state index in [0.717, 1.165) is 0 Å². The van der Waals surface area contributed by atoms with Crippen LogP contribution >= 0.6 is 0 Å². The zero-order valence-electron chi connectivity index (χ0n) is 7.72. The van der Waals surface area contributed by atoms with Crippen molar-refractivity contribution in [2.45, 2.75) is 25.5 Å². The molecular weight excluding hydrogens is 152 g/mol. The Labute approximate surface area is 73.7 Å². The highest BCUT2D eigenvalue weighted by atomic mass is 16.5. The third-order valence-electron chi connectivity index (χ3n) is 1.96. The molecule has 0 aliphatic heterocycles. The van der Waals surface area contributed by atoms with E-state index in [1.165, 1.54) is 0 Å². The minimum absolute atomic E-state index is 0.184. The standard InChI is InChI=1S/C9H14N2O/c1-5-6-11-9(3,7-10)8(2)12-4/h1,8,11H,6H2,2-4H3. The number of nitriles is 1. The van der Waals surface area contributed by atoms with E-state index in [1.54, 1.807) is 14.0 Å². The van der Waals surface area contributed by atoms with Crippen LogP contribution in [0.15, 0.2) is 0 Å². The predicted molar refractivity (Wildman–Crippen MR) is 47.3 cm³/mol. The van der Waals surface area contributed by atoms with Gasteiger partial charge in [-0.2, -0.15) is 5.26 Å². The molecule has 2 atom stereocenters. The SMILES string of the molecule is C#CCNC(C)(C#N)C(C)OC. The van der Waals surface area contributed by atoms with E-state index < -0.39 is 5.54 Å². The van der Waals surface area contributed by atoms with Crippen LogP contribution in [0.2, 0.25) is 0 Å². The maximum Gasteiger partial charge on any atom is 0.130 e. The monoisotopic (exact) mass is 166 g/mol. The Bertz CT molecular complexity index is 214. The number of hydrogen-bond acceptors (Lipinski definition) is 3. The lowest BCUT2D eigenvalue weighted by atomic mass is 9.98. The summed E-state index contributed by atoms with van der Waals surface area (Å²) >= 11 is 0. The lowest BCUT2D eigenvalue weighted by molar-refractivity contribution is 0.0644. The zero-order valence-corrected chi connectivity index (χ0v) is 7.72. The average Bonchev–Trinajstić information content (AvgIpc) is 2.12. The van der Waals surface area contributed by atoms with Crippen LogP contribution in [0.25, 0.3) is 0 Å². The number of ether oxygens (including phenoxy) is 1. The van der Waals surface area contributed by atoms with Gasteiger partial charge in [-0.05, 0) is 13.8 Å². The van der Waals surface area contributed by atoms with E-state index in [1.807, 2.05) is 6.92 Å². The second kappa shape index (κ2) is 4.77. The van der Waals surface area contributed by atoms with Crippen LogP contribution in [0.3, 0.4) is 0 Å². The maximum atomic E-state index is 8.85. The number of rotatable bonds is 4. The number of methoxy groups -OCH3 is 1. The van der Waals surface area contributed by atoms with Crippen molar-refractivity contribution in [3.8, 4) is 18.4 Å². The molecule has 0 rings (SSSR count). The van der Waals surface area contributed by atoms with E-state index in [0.29, 0.717) is 6.54 Å². The summed E-state index contributed by atoms with van der Waals surface area (Å²) in [5.41, 5.74) is -0.707. The summed E-state index contributed by atoms with van der Waals surface area (Å²) in [7, 11) is 1.57. The summed E-state index contributed by atoms with van der Waals surface area (Å²) in [6, 6.07) is 2.13. The molecular formula is C9H14N2O. The highest BCUT2D eigenvalue weighted by Gasteiger charge is 2.30. The summed E-state index contributed by atoms with van der Waals surface area (Å²) < 4.78 is 5.05. The smallest absolute Gasteiger partial charge is 0.130 e. The largest absolute Gasteiger partial charge is 0.379 e. The first-order valence-corrected chi connectivity index (χ1v) is 3.73. The molecule has 0 bridgehead atoms. The van der Waals surface area contributed by atoms with E-state index in [-0.39, 0.29) is 6.10 Å². The quantitative estimate of drug-likeness (QED) is 0.619.